The third-order valence-corrected chi connectivity index (χ3v) is 5.88. The minimum absolute atomic E-state index is 0.232. The van der Waals surface area contributed by atoms with Crippen LogP contribution in [0.5, 0.6) is 0 Å². The Morgan fingerprint density at radius 2 is 2.24 bits per heavy atom. The van der Waals surface area contributed by atoms with Gasteiger partial charge in [0.2, 0.25) is 0 Å². The minimum Gasteiger partial charge on any atom is -0.329 e. The van der Waals surface area contributed by atoms with Crippen LogP contribution in [0.15, 0.2) is 22.7 Å². The predicted molar refractivity (Wildman–Crippen MR) is 91.7 cm³/mol. The normalized spacial score (nSPS) is 28.6. The zero-order chi connectivity index (χ0) is 15.0. The van der Waals surface area contributed by atoms with Crippen molar-refractivity contribution in [3.05, 3.63) is 33.3 Å². The molecule has 0 aliphatic carbocycles. The first-order chi connectivity index (χ1) is 10.1. The summed E-state index contributed by atoms with van der Waals surface area (Å²) >= 11 is 9.86. The number of hydrogen-bond donors (Lipinski definition) is 1. The van der Waals surface area contributed by atoms with Gasteiger partial charge in [0.25, 0.3) is 0 Å². The molecule has 2 aliphatic rings. The van der Waals surface area contributed by atoms with Crippen molar-refractivity contribution in [3.63, 3.8) is 0 Å². The summed E-state index contributed by atoms with van der Waals surface area (Å²) in [4.78, 5) is 5.21. The molecule has 1 aromatic carbocycles. The molecule has 116 valence electrons. The zero-order valence-electron chi connectivity index (χ0n) is 12.4. The molecule has 2 aliphatic heterocycles. The van der Waals surface area contributed by atoms with E-state index in [1.54, 1.807) is 0 Å². The molecule has 0 bridgehead atoms. The van der Waals surface area contributed by atoms with Gasteiger partial charge in [-0.2, -0.15) is 0 Å². The van der Waals surface area contributed by atoms with Gasteiger partial charge in [-0.25, -0.2) is 0 Å². The lowest BCUT2D eigenvalue weighted by atomic mass is 9.99. The number of rotatable bonds is 3. The van der Waals surface area contributed by atoms with Gasteiger partial charge in [0.15, 0.2) is 0 Å². The Labute approximate surface area is 140 Å². The molecule has 2 fully saturated rings. The lowest BCUT2D eigenvalue weighted by Crippen LogP contribution is -2.56. The van der Waals surface area contributed by atoms with Crippen molar-refractivity contribution < 1.29 is 0 Å². The first-order valence-corrected chi connectivity index (χ1v) is 8.92. The lowest BCUT2D eigenvalue weighted by Gasteiger charge is -2.46. The quantitative estimate of drug-likeness (QED) is 0.884. The smallest absolute Gasteiger partial charge is 0.0486 e. The average Bonchev–Trinajstić information content (AvgIpc) is 2.90. The van der Waals surface area contributed by atoms with Crippen molar-refractivity contribution in [2.24, 2.45) is 5.73 Å². The molecular formula is C16H23BrClN3. The van der Waals surface area contributed by atoms with Gasteiger partial charge in [0.05, 0.1) is 0 Å². The van der Waals surface area contributed by atoms with Crippen LogP contribution < -0.4 is 5.73 Å². The highest BCUT2D eigenvalue weighted by molar-refractivity contribution is 9.10. The van der Waals surface area contributed by atoms with Crippen LogP contribution >= 0.6 is 27.5 Å². The van der Waals surface area contributed by atoms with Gasteiger partial charge in [-0.05, 0) is 50.1 Å². The Bertz CT molecular complexity index is 510. The van der Waals surface area contributed by atoms with Gasteiger partial charge in [-0.1, -0.05) is 27.5 Å². The molecule has 3 atom stereocenters. The average molecular weight is 373 g/mol. The summed E-state index contributed by atoms with van der Waals surface area (Å²) in [6.45, 7) is 6.46. The van der Waals surface area contributed by atoms with E-state index < -0.39 is 0 Å². The summed E-state index contributed by atoms with van der Waals surface area (Å²) in [5.41, 5.74) is 7.35. The van der Waals surface area contributed by atoms with E-state index >= 15 is 0 Å². The molecule has 0 amide bonds. The second-order valence-electron chi connectivity index (χ2n) is 6.25. The van der Waals surface area contributed by atoms with Crippen LogP contribution in [0.3, 0.4) is 0 Å². The van der Waals surface area contributed by atoms with E-state index in [0.29, 0.717) is 18.6 Å². The zero-order valence-corrected chi connectivity index (χ0v) is 14.8. The minimum atomic E-state index is 0.232. The van der Waals surface area contributed by atoms with Crippen molar-refractivity contribution in [2.75, 3.05) is 26.2 Å². The van der Waals surface area contributed by atoms with Crippen molar-refractivity contribution in [1.82, 2.24) is 9.80 Å². The lowest BCUT2D eigenvalue weighted by molar-refractivity contribution is 0.0294. The Morgan fingerprint density at radius 1 is 1.43 bits per heavy atom. The molecule has 21 heavy (non-hydrogen) atoms. The SMILES string of the molecule is CC1CN2CCCC2CN1C(CN)c1cc(Cl)ccc1Br. The van der Waals surface area contributed by atoms with Crippen molar-refractivity contribution >= 4 is 27.5 Å². The molecule has 0 saturated carbocycles. The highest BCUT2D eigenvalue weighted by atomic mass is 79.9. The molecule has 3 rings (SSSR count). The van der Waals surface area contributed by atoms with Gasteiger partial charge in [0.1, 0.15) is 0 Å². The van der Waals surface area contributed by atoms with Crippen LogP contribution in [-0.2, 0) is 0 Å². The van der Waals surface area contributed by atoms with Crippen molar-refractivity contribution in [1.29, 1.82) is 0 Å². The predicted octanol–water partition coefficient (Wildman–Crippen LogP) is 3.27. The summed E-state index contributed by atoms with van der Waals surface area (Å²) in [6, 6.07) is 7.46. The van der Waals surface area contributed by atoms with Crippen LogP contribution in [-0.4, -0.2) is 48.1 Å². The fourth-order valence-corrected chi connectivity index (χ4v) is 4.55. The second kappa shape index (κ2) is 6.55. The number of benzene rings is 1. The number of hydrogen-bond acceptors (Lipinski definition) is 3. The van der Waals surface area contributed by atoms with Gasteiger partial charge >= 0.3 is 0 Å². The van der Waals surface area contributed by atoms with E-state index in [4.69, 9.17) is 17.3 Å². The summed E-state index contributed by atoms with van der Waals surface area (Å²) in [5, 5.41) is 0.777. The molecule has 2 heterocycles. The van der Waals surface area contributed by atoms with Gasteiger partial charge in [0, 0.05) is 47.3 Å². The largest absolute Gasteiger partial charge is 0.329 e. The van der Waals surface area contributed by atoms with Gasteiger partial charge in [-0.15, -0.1) is 0 Å². The standard InChI is InChI=1S/C16H23BrClN3/c1-11-9-20-6-2-3-13(20)10-21(11)16(8-19)14-7-12(18)4-5-15(14)17/h4-5,7,11,13,16H,2-3,6,8-10,19H2,1H3. The Balaban J connectivity index is 1.86. The molecule has 5 heteroatoms. The third-order valence-electron chi connectivity index (χ3n) is 4.93. The third kappa shape index (κ3) is 3.15. The maximum absolute atomic E-state index is 6.19. The molecule has 1 aromatic rings. The number of halogens is 2. The van der Waals surface area contributed by atoms with Gasteiger partial charge in [-0.3, -0.25) is 9.80 Å². The van der Waals surface area contributed by atoms with Gasteiger partial charge < -0.3 is 5.73 Å². The second-order valence-corrected chi connectivity index (χ2v) is 7.54. The number of piperazine rings is 1. The Kier molecular flexibility index (Phi) is 4.91. The van der Waals surface area contributed by atoms with E-state index in [1.807, 2.05) is 12.1 Å². The highest BCUT2D eigenvalue weighted by Crippen LogP contribution is 2.34. The first kappa shape index (κ1) is 15.8. The van der Waals surface area contributed by atoms with Crippen molar-refractivity contribution in [3.8, 4) is 0 Å². The molecule has 3 unspecified atom stereocenters. The number of nitrogens with two attached hydrogens (primary N) is 1. The summed E-state index contributed by atoms with van der Waals surface area (Å²) in [7, 11) is 0. The summed E-state index contributed by atoms with van der Waals surface area (Å²) in [5.74, 6) is 0. The fourth-order valence-electron chi connectivity index (χ4n) is 3.86. The molecule has 2 N–H and O–H groups in total. The van der Waals surface area contributed by atoms with Crippen LogP contribution in [0, 0.1) is 0 Å². The van der Waals surface area contributed by atoms with E-state index in [2.05, 4.69) is 38.7 Å². The highest BCUT2D eigenvalue weighted by Gasteiger charge is 2.37. The van der Waals surface area contributed by atoms with E-state index in [-0.39, 0.29) is 6.04 Å². The maximum Gasteiger partial charge on any atom is 0.0486 e. The van der Waals surface area contributed by atoms with E-state index in [1.165, 1.54) is 24.9 Å². The van der Waals surface area contributed by atoms with Crippen molar-refractivity contribution in [2.45, 2.75) is 37.9 Å². The summed E-state index contributed by atoms with van der Waals surface area (Å²) in [6.07, 6.45) is 2.65. The number of nitrogens with zero attached hydrogens (tertiary/aromatic N) is 2. The first-order valence-electron chi connectivity index (χ1n) is 7.75. The fraction of sp³-hybridized carbons (Fsp3) is 0.625. The maximum atomic E-state index is 6.19. The Morgan fingerprint density at radius 3 is 3.00 bits per heavy atom. The molecular weight excluding hydrogens is 350 g/mol. The molecule has 2 saturated heterocycles. The van der Waals surface area contributed by atoms with Crippen LogP contribution in [0.1, 0.15) is 31.4 Å². The molecule has 0 aromatic heterocycles. The monoisotopic (exact) mass is 371 g/mol. The van der Waals surface area contributed by atoms with Crippen LogP contribution in [0.25, 0.3) is 0 Å². The molecule has 3 nitrogen and oxygen atoms in total. The molecule has 0 spiro atoms. The van der Waals surface area contributed by atoms with Crippen LogP contribution in [0.2, 0.25) is 5.02 Å². The topological polar surface area (TPSA) is 32.5 Å². The molecule has 0 radical (unpaired) electrons. The van der Waals surface area contributed by atoms with E-state index in [9.17, 15) is 0 Å². The summed E-state index contributed by atoms with van der Waals surface area (Å²) < 4.78 is 1.10. The van der Waals surface area contributed by atoms with Crippen LogP contribution in [0.4, 0.5) is 0 Å². The number of fused-ring (bicyclic) bond motifs is 1. The Hall–Kier alpha value is -0.130. The van der Waals surface area contributed by atoms with E-state index in [0.717, 1.165) is 22.6 Å².